The number of nitrogens with one attached hydrogen (secondary N) is 1. The second kappa shape index (κ2) is 15.2. The Morgan fingerprint density at radius 3 is 2.38 bits per heavy atom. The van der Waals surface area contributed by atoms with Crippen LogP contribution in [0.3, 0.4) is 0 Å². The smallest absolute Gasteiger partial charge is 0.417 e. The Balaban J connectivity index is 1.09. The first kappa shape index (κ1) is 41.3. The third-order valence-electron chi connectivity index (χ3n) is 12.8. The molecule has 2 aliphatic carbocycles. The summed E-state index contributed by atoms with van der Waals surface area (Å²) in [5.74, 6) is -7.32. The molecule has 2 aromatic heterocycles. The molecule has 12 nitrogen and oxygen atoms in total. The van der Waals surface area contributed by atoms with E-state index in [2.05, 4.69) is 15.4 Å². The molecule has 0 radical (unpaired) electrons. The van der Waals surface area contributed by atoms with E-state index < -0.39 is 75.4 Å². The van der Waals surface area contributed by atoms with Crippen molar-refractivity contribution < 1.29 is 46.6 Å². The number of rotatable bonds is 8. The zero-order valence-electron chi connectivity index (χ0n) is 33.5. The highest BCUT2D eigenvalue weighted by Gasteiger charge is 2.70. The Morgan fingerprint density at radius 1 is 0.922 bits per heavy atom. The number of halogens is 5. The maximum Gasteiger partial charge on any atom is 0.417 e. The van der Waals surface area contributed by atoms with Gasteiger partial charge in [-0.2, -0.15) is 18.2 Å². The Morgan fingerprint density at radius 2 is 1.67 bits per heavy atom. The number of fused-ring (bicyclic) bond motifs is 5. The number of aromatic nitrogens is 2. The number of aromatic hydroxyl groups is 1. The van der Waals surface area contributed by atoms with E-state index >= 15 is 9.59 Å². The molecule has 4 amide bonds. The number of oxazole rings is 1. The molecule has 2 N–H and O–H groups in total. The molecule has 4 heterocycles. The predicted octanol–water partition coefficient (Wildman–Crippen LogP) is 9.51. The van der Waals surface area contributed by atoms with Crippen LogP contribution < -0.4 is 15.1 Å². The molecule has 6 atom stereocenters. The largest absolute Gasteiger partial charge is 0.504 e. The van der Waals surface area contributed by atoms with Crippen molar-refractivity contribution in [1.29, 1.82) is 0 Å². The van der Waals surface area contributed by atoms with Crippen LogP contribution >= 0.6 is 23.2 Å². The van der Waals surface area contributed by atoms with Crippen LogP contribution in [0.25, 0.3) is 22.6 Å². The van der Waals surface area contributed by atoms with E-state index in [-0.39, 0.29) is 36.8 Å². The first-order valence-corrected chi connectivity index (χ1v) is 21.1. The number of amides is 4. The van der Waals surface area contributed by atoms with Crippen molar-refractivity contribution in [2.75, 3.05) is 16.9 Å². The number of carbonyl (C=O) groups is 4. The van der Waals surface area contributed by atoms with Crippen molar-refractivity contribution in [3.05, 3.63) is 142 Å². The molecule has 1 saturated carbocycles. The van der Waals surface area contributed by atoms with Crippen molar-refractivity contribution in [2.24, 2.45) is 23.7 Å². The van der Waals surface area contributed by atoms with Crippen LogP contribution in [0, 0.1) is 23.7 Å². The second-order valence-electron chi connectivity index (χ2n) is 16.1. The van der Waals surface area contributed by atoms with E-state index in [1.807, 2.05) is 24.3 Å². The monoisotopic (exact) mass is 907 g/mol. The van der Waals surface area contributed by atoms with Gasteiger partial charge in [0.25, 0.3) is 11.8 Å². The molecule has 3 fully saturated rings. The number of nitrogens with zero attached hydrogens (tertiary/aromatic N) is 4. The number of anilines is 2. The fourth-order valence-corrected chi connectivity index (χ4v) is 10.5. The van der Waals surface area contributed by atoms with Crippen molar-refractivity contribution in [3.8, 4) is 23.0 Å². The van der Waals surface area contributed by atoms with Crippen molar-refractivity contribution in [3.63, 3.8) is 0 Å². The Hall–Kier alpha value is -6.71. The predicted molar refractivity (Wildman–Crippen MR) is 228 cm³/mol. The van der Waals surface area contributed by atoms with Gasteiger partial charge >= 0.3 is 6.18 Å². The van der Waals surface area contributed by atoms with Gasteiger partial charge in [0.1, 0.15) is 5.52 Å². The van der Waals surface area contributed by atoms with Gasteiger partial charge in [0.15, 0.2) is 22.9 Å². The number of hydrogen-bond donors (Lipinski definition) is 2. The molecule has 0 spiro atoms. The summed E-state index contributed by atoms with van der Waals surface area (Å²) < 4.78 is 52.5. The quantitative estimate of drug-likeness (QED) is 0.111. The number of benzene rings is 4. The first-order chi connectivity index (χ1) is 30.7. The lowest BCUT2D eigenvalue weighted by molar-refractivity contribution is -0.139. The number of ether oxygens (including phenoxy) is 1. The minimum Gasteiger partial charge on any atom is -0.504 e. The van der Waals surface area contributed by atoms with Gasteiger partial charge in [-0.25, -0.2) is 9.97 Å². The van der Waals surface area contributed by atoms with Crippen LogP contribution in [0.5, 0.6) is 11.5 Å². The van der Waals surface area contributed by atoms with Crippen LogP contribution in [0.1, 0.15) is 42.4 Å². The summed E-state index contributed by atoms with van der Waals surface area (Å²) >= 11 is 12.7. The van der Waals surface area contributed by atoms with Gasteiger partial charge in [-0.3, -0.25) is 29.5 Å². The number of phenols is 1. The van der Waals surface area contributed by atoms with Crippen LogP contribution in [0.2, 0.25) is 10.0 Å². The summed E-state index contributed by atoms with van der Waals surface area (Å²) in [6, 6.07) is 25.7. The average molecular weight is 909 g/mol. The number of phenolic OH excluding ortho intramolecular Hbond substituents is 1. The van der Waals surface area contributed by atoms with Crippen molar-refractivity contribution in [1.82, 2.24) is 15.0 Å². The summed E-state index contributed by atoms with van der Waals surface area (Å²) in [5, 5.41) is 11.4. The lowest BCUT2D eigenvalue weighted by Gasteiger charge is -2.50. The number of allylic oxidation sites excluding steroid dienone is 2. The number of carbonyl (C=O) groups excluding carboxylic acids is 4. The number of alkyl halides is 3. The zero-order chi connectivity index (χ0) is 44.8. The fourth-order valence-electron chi connectivity index (χ4n) is 10.1. The summed E-state index contributed by atoms with van der Waals surface area (Å²) in [6.45, 7) is 1.92. The molecule has 324 valence electrons. The number of pyridine rings is 1. The van der Waals surface area contributed by atoms with E-state index in [9.17, 15) is 27.9 Å². The van der Waals surface area contributed by atoms with E-state index in [1.165, 1.54) is 11.0 Å². The minimum atomic E-state index is -4.77. The van der Waals surface area contributed by atoms with E-state index in [0.717, 1.165) is 5.01 Å². The van der Waals surface area contributed by atoms with Gasteiger partial charge in [0.05, 0.1) is 46.0 Å². The van der Waals surface area contributed by atoms with Gasteiger partial charge in [-0.05, 0) is 104 Å². The molecule has 4 aromatic carbocycles. The highest BCUT2D eigenvalue weighted by molar-refractivity contribution is 6.33. The van der Waals surface area contributed by atoms with Gasteiger partial charge in [0.2, 0.25) is 17.7 Å². The van der Waals surface area contributed by atoms with E-state index in [0.29, 0.717) is 62.2 Å². The molecule has 6 aromatic rings. The third kappa shape index (κ3) is 6.34. The molecule has 17 heteroatoms. The van der Waals surface area contributed by atoms with Gasteiger partial charge in [-0.15, -0.1) is 0 Å². The molecule has 0 bridgehead atoms. The van der Waals surface area contributed by atoms with Gasteiger partial charge in [0, 0.05) is 22.7 Å². The maximum absolute atomic E-state index is 15.5. The lowest BCUT2D eigenvalue weighted by Crippen LogP contribution is -2.53. The third-order valence-corrected chi connectivity index (χ3v) is 13.4. The molecule has 4 aliphatic rings. The first-order valence-electron chi connectivity index (χ1n) is 20.3. The average Bonchev–Trinajstić information content (AvgIpc) is 3.89. The van der Waals surface area contributed by atoms with E-state index in [4.69, 9.17) is 32.4 Å². The highest BCUT2D eigenvalue weighted by atomic mass is 35.5. The molecular formula is C47H34Cl2F3N5O7. The molecule has 64 heavy (non-hydrogen) atoms. The standard InChI is InChI=1S/C47H34Cl2F3N5O7/c1-2-63-37-19-24(9-18-35(37)58)39-29-16-17-30-38(44(61)56(42(30)59)28-14-7-23(8-15-28)41-54-34-5-3-4-6-36(34)64-41)31(29)21-32-43(60)57(45(62)46(32,39)25-10-12-27(48)13-11-25)55-40-33(49)20-26(22-53-40)47(50,51)52/h3-16,18-20,22,30-32,38-39,58H,2,17,21H2,1H3,(H,53,55)/t30-,31+,32-,38-,39-,46+/m0/s1. The molecular weight excluding hydrogens is 874 g/mol. The summed E-state index contributed by atoms with van der Waals surface area (Å²) in [4.78, 5) is 69.4. The fraction of sp³-hybridized carbons (Fsp3) is 0.234. The van der Waals surface area contributed by atoms with Gasteiger partial charge < -0.3 is 14.3 Å². The molecule has 10 rings (SSSR count). The zero-order valence-corrected chi connectivity index (χ0v) is 35.0. The molecule has 2 saturated heterocycles. The normalized spacial score (nSPS) is 24.2. The van der Waals surface area contributed by atoms with Crippen LogP contribution in [0.15, 0.2) is 119 Å². The van der Waals surface area contributed by atoms with Crippen LogP contribution in [0.4, 0.5) is 24.7 Å². The van der Waals surface area contributed by atoms with Crippen LogP contribution in [-0.4, -0.2) is 50.3 Å². The Labute approximate surface area is 372 Å². The Kier molecular flexibility index (Phi) is 9.83. The second-order valence-corrected chi connectivity index (χ2v) is 17.0. The molecule has 0 unspecified atom stereocenters. The number of hydrazine groups is 1. The summed E-state index contributed by atoms with van der Waals surface area (Å²) in [6.07, 6.45) is -2.32. The number of para-hydroxylation sites is 2. The van der Waals surface area contributed by atoms with Crippen molar-refractivity contribution >= 4 is 69.4 Å². The lowest BCUT2D eigenvalue weighted by atomic mass is 9.49. The topological polar surface area (TPSA) is 155 Å². The van der Waals surface area contributed by atoms with E-state index in [1.54, 1.807) is 73.7 Å². The van der Waals surface area contributed by atoms with Crippen molar-refractivity contribution in [2.45, 2.75) is 37.3 Å². The number of hydrogen-bond acceptors (Lipinski definition) is 10. The summed E-state index contributed by atoms with van der Waals surface area (Å²) in [5.41, 5.74) is 3.39. The summed E-state index contributed by atoms with van der Waals surface area (Å²) in [7, 11) is 0. The number of imide groups is 2. The minimum absolute atomic E-state index is 0.0804. The maximum atomic E-state index is 15.5. The molecule has 2 aliphatic heterocycles. The SMILES string of the molecule is CCOc1cc([C@H]2C3=CC[C@@H]4C(=O)N(c5ccc(-c6nc7ccccc7o6)cc5)C(=O)[C@@H]4[C@@H]3C[C@H]3C(=O)N(Nc4ncc(C(F)(F)F)cc4Cl)C(=O)[C@@]23c2ccc(Cl)cc2)ccc1O. The Bertz CT molecular complexity index is 2930. The van der Waals surface area contributed by atoms with Gasteiger partial charge in [-0.1, -0.05) is 65.2 Å². The highest BCUT2D eigenvalue weighted by Crippen LogP contribution is 2.64. The van der Waals surface area contributed by atoms with Crippen LogP contribution in [-0.2, 0) is 30.8 Å².